The van der Waals surface area contributed by atoms with Crippen LogP contribution in [0.2, 0.25) is 0 Å². The summed E-state index contributed by atoms with van der Waals surface area (Å²) in [5.41, 5.74) is -0.0662. The molecular formula is C12H14N2O6S. The molecule has 0 heterocycles. The lowest BCUT2D eigenvalue weighted by Crippen LogP contribution is -2.18. The van der Waals surface area contributed by atoms with E-state index in [0.29, 0.717) is 0 Å². The normalized spacial score (nSPS) is 20.8. The molecule has 8 nitrogen and oxygen atoms in total. The van der Waals surface area contributed by atoms with Gasteiger partial charge in [0.05, 0.1) is 16.3 Å². The molecule has 2 rings (SSSR count). The van der Waals surface area contributed by atoms with E-state index >= 15 is 0 Å². The van der Waals surface area contributed by atoms with Crippen LogP contribution in [-0.2, 0) is 14.6 Å². The zero-order chi connectivity index (χ0) is 15.8. The van der Waals surface area contributed by atoms with Crippen molar-refractivity contribution in [2.75, 3.05) is 11.1 Å². The van der Waals surface area contributed by atoms with Gasteiger partial charge in [0.1, 0.15) is 11.7 Å². The van der Waals surface area contributed by atoms with Crippen LogP contribution in [0.1, 0.15) is 13.3 Å². The Morgan fingerprint density at radius 1 is 1.52 bits per heavy atom. The van der Waals surface area contributed by atoms with E-state index in [-0.39, 0.29) is 28.5 Å². The number of nitrogens with zero attached hydrogens (tertiary/aromatic N) is 1. The third-order valence-corrected chi connectivity index (χ3v) is 5.06. The highest BCUT2D eigenvalue weighted by atomic mass is 32.2. The molecule has 1 fully saturated rings. The number of nitro groups is 1. The van der Waals surface area contributed by atoms with Crippen LogP contribution in [0, 0.1) is 16.0 Å². The van der Waals surface area contributed by atoms with Gasteiger partial charge >= 0.3 is 0 Å². The van der Waals surface area contributed by atoms with E-state index in [1.807, 2.05) is 0 Å². The monoisotopic (exact) mass is 314 g/mol. The predicted octanol–water partition coefficient (Wildman–Crippen LogP) is 0.789. The van der Waals surface area contributed by atoms with Gasteiger partial charge in [-0.1, -0.05) is 6.92 Å². The van der Waals surface area contributed by atoms with E-state index < -0.39 is 32.6 Å². The van der Waals surface area contributed by atoms with Crippen LogP contribution in [0.3, 0.4) is 0 Å². The van der Waals surface area contributed by atoms with E-state index in [2.05, 4.69) is 5.32 Å². The predicted molar refractivity (Wildman–Crippen MR) is 73.4 cm³/mol. The molecule has 0 radical (unpaired) electrons. The molecule has 21 heavy (non-hydrogen) atoms. The number of rotatable bonds is 5. The van der Waals surface area contributed by atoms with Crippen molar-refractivity contribution in [3.63, 3.8) is 0 Å². The Balaban J connectivity index is 2.19. The van der Waals surface area contributed by atoms with Crippen molar-refractivity contribution >= 4 is 21.4 Å². The number of benzene rings is 1. The third kappa shape index (κ3) is 3.13. The largest absolute Gasteiger partial charge is 0.506 e. The first kappa shape index (κ1) is 15.2. The maximum Gasteiger partial charge on any atom is 0.234 e. The Hall–Kier alpha value is -2.16. The summed E-state index contributed by atoms with van der Waals surface area (Å²) >= 11 is 0. The van der Waals surface area contributed by atoms with Crippen molar-refractivity contribution in [1.29, 1.82) is 0 Å². The van der Waals surface area contributed by atoms with Gasteiger partial charge in [-0.15, -0.1) is 0 Å². The maximum atomic E-state index is 11.8. The van der Waals surface area contributed by atoms with E-state index in [4.69, 9.17) is 0 Å². The van der Waals surface area contributed by atoms with Crippen LogP contribution >= 0.6 is 0 Å². The van der Waals surface area contributed by atoms with Crippen molar-refractivity contribution < 1.29 is 23.2 Å². The van der Waals surface area contributed by atoms with E-state index in [1.165, 1.54) is 13.0 Å². The second-order valence-electron chi connectivity index (χ2n) is 4.77. The number of amides is 1. The fraction of sp³-hybridized carbons (Fsp3) is 0.417. The molecule has 2 atom stereocenters. The van der Waals surface area contributed by atoms with Gasteiger partial charge in [-0.25, -0.2) is 8.42 Å². The molecule has 114 valence electrons. The van der Waals surface area contributed by atoms with Crippen molar-refractivity contribution in [3.05, 3.63) is 28.3 Å². The summed E-state index contributed by atoms with van der Waals surface area (Å²) in [4.78, 5) is 21.8. The number of phenolic OH excluding ortho intramolecular Hbond substituents is 1. The molecule has 2 unspecified atom stereocenters. The van der Waals surface area contributed by atoms with Gasteiger partial charge in [-0.2, -0.15) is 0 Å². The third-order valence-electron chi connectivity index (χ3n) is 3.33. The van der Waals surface area contributed by atoms with Gasteiger partial charge in [0.2, 0.25) is 11.9 Å². The molecule has 0 spiro atoms. The summed E-state index contributed by atoms with van der Waals surface area (Å²) in [5.74, 6) is -1.75. The van der Waals surface area contributed by atoms with E-state index in [0.717, 1.165) is 12.1 Å². The number of hydrogen-bond donors (Lipinski definition) is 2. The Bertz CT molecular complexity index is 700. The second-order valence-corrected chi connectivity index (χ2v) is 7.04. The number of anilines is 1. The molecule has 0 bridgehead atoms. The molecule has 9 heteroatoms. The topological polar surface area (TPSA) is 127 Å². The van der Waals surface area contributed by atoms with Gasteiger partial charge in [0.15, 0.2) is 9.84 Å². The summed E-state index contributed by atoms with van der Waals surface area (Å²) < 4.78 is 23.5. The van der Waals surface area contributed by atoms with Crippen molar-refractivity contribution in [2.45, 2.75) is 24.3 Å². The number of carbonyl (C=O) groups is 1. The fourth-order valence-corrected chi connectivity index (χ4v) is 2.80. The summed E-state index contributed by atoms with van der Waals surface area (Å²) in [6, 6.07) is 2.64. The Kier molecular flexibility index (Phi) is 3.86. The lowest BCUT2D eigenvalue weighted by atomic mass is 10.2. The quantitative estimate of drug-likeness (QED) is 0.470. The summed E-state index contributed by atoms with van der Waals surface area (Å²) in [5, 5.41) is 22.5. The van der Waals surface area contributed by atoms with Crippen LogP contribution in [0.4, 0.5) is 5.69 Å². The Labute approximate surface area is 120 Å². The summed E-state index contributed by atoms with van der Waals surface area (Å²) in [7, 11) is -3.47. The first-order chi connectivity index (χ1) is 9.76. The van der Waals surface area contributed by atoms with Crippen LogP contribution in [0.5, 0.6) is 5.75 Å². The SMILES string of the molecule is CCS(=O)(=O)c1ccc(O)c(NC(=O)C2CC2[N+](=O)[O-])c1. The van der Waals surface area contributed by atoms with E-state index in [9.17, 15) is 28.4 Å². The number of hydrogen-bond acceptors (Lipinski definition) is 6. The summed E-state index contributed by atoms with van der Waals surface area (Å²) in [6.07, 6.45) is 0.145. The van der Waals surface area contributed by atoms with Gasteiger partial charge in [-0.05, 0) is 18.2 Å². The molecule has 2 N–H and O–H groups in total. The van der Waals surface area contributed by atoms with Gasteiger partial charge in [-0.3, -0.25) is 14.9 Å². The molecule has 1 aliphatic rings. The number of nitrogens with one attached hydrogen (secondary N) is 1. The lowest BCUT2D eigenvalue weighted by molar-refractivity contribution is -0.497. The molecule has 1 aromatic rings. The van der Waals surface area contributed by atoms with Crippen LogP contribution in [0.25, 0.3) is 0 Å². The van der Waals surface area contributed by atoms with Crippen molar-refractivity contribution in [1.82, 2.24) is 0 Å². The Morgan fingerprint density at radius 3 is 2.71 bits per heavy atom. The molecule has 1 aromatic carbocycles. The molecular weight excluding hydrogens is 300 g/mol. The van der Waals surface area contributed by atoms with Crippen molar-refractivity contribution in [3.8, 4) is 5.75 Å². The minimum atomic E-state index is -3.47. The summed E-state index contributed by atoms with van der Waals surface area (Å²) in [6.45, 7) is 1.48. The zero-order valence-electron chi connectivity index (χ0n) is 11.1. The average molecular weight is 314 g/mol. The van der Waals surface area contributed by atoms with Crippen molar-refractivity contribution in [2.24, 2.45) is 5.92 Å². The first-order valence-corrected chi connectivity index (χ1v) is 7.91. The highest BCUT2D eigenvalue weighted by Crippen LogP contribution is 2.35. The molecule has 1 saturated carbocycles. The Morgan fingerprint density at radius 2 is 2.19 bits per heavy atom. The molecule has 0 aromatic heterocycles. The minimum absolute atomic E-state index is 0.0280. The van der Waals surface area contributed by atoms with Gasteiger partial charge in [0.25, 0.3) is 0 Å². The number of sulfone groups is 1. The number of phenols is 1. The standard InChI is InChI=1S/C12H14N2O6S/c1-2-21(19,20)7-3-4-11(15)9(5-7)13-12(16)8-6-10(8)14(17)18/h3-5,8,10,15H,2,6H2,1H3,(H,13,16). The molecule has 1 amide bonds. The second kappa shape index (κ2) is 5.32. The smallest absolute Gasteiger partial charge is 0.234 e. The van der Waals surface area contributed by atoms with E-state index in [1.54, 1.807) is 0 Å². The fourth-order valence-electron chi connectivity index (χ4n) is 1.90. The highest BCUT2D eigenvalue weighted by molar-refractivity contribution is 7.91. The van der Waals surface area contributed by atoms with Crippen LogP contribution in [-0.4, -0.2) is 36.1 Å². The van der Waals surface area contributed by atoms with Crippen LogP contribution < -0.4 is 5.32 Å². The maximum absolute atomic E-state index is 11.8. The zero-order valence-corrected chi connectivity index (χ0v) is 12.0. The average Bonchev–Trinajstić information content (AvgIpc) is 3.21. The molecule has 0 saturated heterocycles. The number of aromatic hydroxyl groups is 1. The lowest BCUT2D eigenvalue weighted by Gasteiger charge is -2.09. The van der Waals surface area contributed by atoms with Gasteiger partial charge < -0.3 is 10.4 Å². The van der Waals surface area contributed by atoms with Crippen LogP contribution in [0.15, 0.2) is 23.1 Å². The first-order valence-electron chi connectivity index (χ1n) is 6.26. The highest BCUT2D eigenvalue weighted by Gasteiger charge is 2.53. The molecule has 1 aliphatic carbocycles. The number of carbonyl (C=O) groups excluding carboxylic acids is 1. The molecule has 0 aliphatic heterocycles. The minimum Gasteiger partial charge on any atom is -0.506 e. The van der Waals surface area contributed by atoms with Gasteiger partial charge in [0, 0.05) is 11.3 Å².